The van der Waals surface area contributed by atoms with E-state index in [1.165, 1.54) is 4.88 Å². The largest absolute Gasteiger partial charge is 0.496 e. The Hall–Kier alpha value is -0.910. The zero-order valence-electron chi connectivity index (χ0n) is 12.2. The van der Waals surface area contributed by atoms with Gasteiger partial charge in [-0.1, -0.05) is 6.92 Å². The van der Waals surface area contributed by atoms with Gasteiger partial charge in [0, 0.05) is 16.5 Å². The Kier molecular flexibility index (Phi) is 5.18. The Morgan fingerprint density at radius 2 is 2.20 bits per heavy atom. The predicted molar refractivity (Wildman–Crippen MR) is 88.6 cm³/mol. The molecule has 20 heavy (non-hydrogen) atoms. The first-order chi connectivity index (χ1) is 9.56. The Balaban J connectivity index is 2.34. The number of hydrogen-bond donors (Lipinski definition) is 1. The second-order valence-corrected chi connectivity index (χ2v) is 6.48. The lowest BCUT2D eigenvalue weighted by Gasteiger charge is -2.10. The number of nitrogens with zero attached hydrogens (tertiary/aromatic N) is 1. The highest BCUT2D eigenvalue weighted by Gasteiger charge is 2.15. The first kappa shape index (κ1) is 15.5. The fourth-order valence-corrected chi connectivity index (χ4v) is 3.76. The first-order valence-electron chi connectivity index (χ1n) is 6.61. The number of ether oxygens (including phenoxy) is 1. The van der Waals surface area contributed by atoms with E-state index in [4.69, 9.17) is 9.72 Å². The lowest BCUT2D eigenvalue weighted by molar-refractivity contribution is 0.412. The molecule has 0 aliphatic carbocycles. The van der Waals surface area contributed by atoms with Crippen LogP contribution < -0.4 is 10.1 Å². The maximum atomic E-state index is 5.26. The van der Waals surface area contributed by atoms with Crippen LogP contribution in [0.2, 0.25) is 0 Å². The van der Waals surface area contributed by atoms with Gasteiger partial charge >= 0.3 is 0 Å². The van der Waals surface area contributed by atoms with Crippen LogP contribution >= 0.6 is 27.3 Å². The van der Waals surface area contributed by atoms with Gasteiger partial charge in [-0.25, -0.2) is 4.98 Å². The van der Waals surface area contributed by atoms with Crippen LogP contribution in [0.5, 0.6) is 5.75 Å². The summed E-state index contributed by atoms with van der Waals surface area (Å²) >= 11 is 5.27. The molecule has 5 heteroatoms. The average Bonchev–Trinajstić information content (AvgIpc) is 2.81. The number of benzene rings is 1. The number of aryl methyl sites for hydroxylation is 1. The molecule has 0 fully saturated rings. The number of nitrogens with one attached hydrogen (secondary N) is 1. The molecule has 0 spiro atoms. The summed E-state index contributed by atoms with van der Waals surface area (Å²) in [5.74, 6) is 0.836. The van der Waals surface area contributed by atoms with Gasteiger partial charge in [0.25, 0.3) is 0 Å². The molecule has 1 unspecified atom stereocenters. The average molecular weight is 355 g/mol. The summed E-state index contributed by atoms with van der Waals surface area (Å²) in [6, 6.07) is 6.40. The van der Waals surface area contributed by atoms with Gasteiger partial charge in [-0.2, -0.15) is 0 Å². The summed E-state index contributed by atoms with van der Waals surface area (Å²) in [4.78, 5) is 6.00. The Labute approximate surface area is 132 Å². The lowest BCUT2D eigenvalue weighted by atomic mass is 10.2. The number of methoxy groups -OCH3 is 1. The third kappa shape index (κ3) is 3.22. The molecule has 3 nitrogen and oxygen atoms in total. The van der Waals surface area contributed by atoms with Gasteiger partial charge in [-0.3, -0.25) is 0 Å². The summed E-state index contributed by atoms with van der Waals surface area (Å²) in [6.07, 6.45) is 0. The molecule has 1 atom stereocenters. The van der Waals surface area contributed by atoms with Crippen LogP contribution in [-0.2, 0) is 0 Å². The molecule has 0 aliphatic rings. The van der Waals surface area contributed by atoms with E-state index in [0.717, 1.165) is 33.0 Å². The van der Waals surface area contributed by atoms with E-state index in [1.54, 1.807) is 18.4 Å². The van der Waals surface area contributed by atoms with E-state index in [2.05, 4.69) is 48.1 Å². The monoisotopic (exact) mass is 354 g/mol. The highest BCUT2D eigenvalue weighted by molar-refractivity contribution is 9.10. The maximum absolute atomic E-state index is 5.26. The topological polar surface area (TPSA) is 34.1 Å². The molecule has 0 aliphatic heterocycles. The van der Waals surface area contributed by atoms with Crippen LogP contribution in [0.4, 0.5) is 0 Å². The number of rotatable bonds is 5. The van der Waals surface area contributed by atoms with Crippen molar-refractivity contribution in [3.8, 4) is 16.3 Å². The zero-order chi connectivity index (χ0) is 14.7. The molecule has 1 aromatic heterocycles. The van der Waals surface area contributed by atoms with Crippen molar-refractivity contribution in [3.05, 3.63) is 33.2 Å². The van der Waals surface area contributed by atoms with Gasteiger partial charge in [0.05, 0.1) is 17.3 Å². The molecule has 0 radical (unpaired) electrons. The molecule has 0 saturated heterocycles. The normalized spacial score (nSPS) is 12.4. The van der Waals surface area contributed by atoms with Crippen molar-refractivity contribution in [3.63, 3.8) is 0 Å². The smallest absolute Gasteiger partial charge is 0.133 e. The first-order valence-corrected chi connectivity index (χ1v) is 8.22. The number of hydrogen-bond acceptors (Lipinski definition) is 4. The highest BCUT2D eigenvalue weighted by atomic mass is 79.9. The minimum Gasteiger partial charge on any atom is -0.496 e. The van der Waals surface area contributed by atoms with Gasteiger partial charge in [0.1, 0.15) is 10.8 Å². The van der Waals surface area contributed by atoms with E-state index < -0.39 is 0 Å². The quantitative estimate of drug-likeness (QED) is 0.854. The molecule has 108 valence electrons. The Morgan fingerprint density at radius 3 is 2.80 bits per heavy atom. The predicted octanol–water partition coefficient (Wildman–Crippen LogP) is 4.56. The van der Waals surface area contributed by atoms with E-state index >= 15 is 0 Å². The lowest BCUT2D eigenvalue weighted by Crippen LogP contribution is -2.17. The van der Waals surface area contributed by atoms with Gasteiger partial charge in [-0.05, 0) is 54.5 Å². The van der Waals surface area contributed by atoms with E-state index in [1.807, 2.05) is 12.1 Å². The van der Waals surface area contributed by atoms with Gasteiger partial charge in [0.2, 0.25) is 0 Å². The molecule has 1 aromatic carbocycles. The van der Waals surface area contributed by atoms with Gasteiger partial charge < -0.3 is 10.1 Å². The molecule has 2 rings (SSSR count). The zero-order valence-corrected chi connectivity index (χ0v) is 14.6. The van der Waals surface area contributed by atoms with E-state index in [-0.39, 0.29) is 0 Å². The van der Waals surface area contributed by atoms with Crippen molar-refractivity contribution < 1.29 is 4.74 Å². The van der Waals surface area contributed by atoms with Crippen LogP contribution in [-0.4, -0.2) is 18.6 Å². The van der Waals surface area contributed by atoms with Gasteiger partial charge in [0.15, 0.2) is 0 Å². The summed E-state index contributed by atoms with van der Waals surface area (Å²) in [5.41, 5.74) is 2.21. The SMILES string of the molecule is CCNC(C)c1sc(-c2ccc(OC)c(Br)c2)nc1C. The fraction of sp³-hybridized carbons (Fsp3) is 0.400. The minimum atomic E-state index is 0.341. The molecule has 0 saturated carbocycles. The molecule has 1 N–H and O–H groups in total. The van der Waals surface area contributed by atoms with Crippen molar-refractivity contribution in [2.24, 2.45) is 0 Å². The van der Waals surface area contributed by atoms with Crippen molar-refractivity contribution >= 4 is 27.3 Å². The highest BCUT2D eigenvalue weighted by Crippen LogP contribution is 2.35. The van der Waals surface area contributed by atoms with Crippen LogP contribution in [0.15, 0.2) is 22.7 Å². The number of aromatic nitrogens is 1. The van der Waals surface area contributed by atoms with Crippen LogP contribution in [0.25, 0.3) is 10.6 Å². The van der Waals surface area contributed by atoms with E-state index in [0.29, 0.717) is 6.04 Å². The van der Waals surface area contributed by atoms with Crippen molar-refractivity contribution in [2.75, 3.05) is 13.7 Å². The fourth-order valence-electron chi connectivity index (χ4n) is 2.13. The minimum absolute atomic E-state index is 0.341. The summed E-state index contributed by atoms with van der Waals surface area (Å²) in [5, 5.41) is 4.49. The maximum Gasteiger partial charge on any atom is 0.133 e. The van der Waals surface area contributed by atoms with Gasteiger partial charge in [-0.15, -0.1) is 11.3 Å². The number of thiazole rings is 1. The van der Waals surface area contributed by atoms with Crippen LogP contribution in [0, 0.1) is 6.92 Å². The molecule has 2 aromatic rings. The molecular weight excluding hydrogens is 336 g/mol. The third-order valence-corrected chi connectivity index (χ3v) is 5.14. The Morgan fingerprint density at radius 1 is 1.45 bits per heavy atom. The molecule has 1 heterocycles. The van der Waals surface area contributed by atoms with Crippen LogP contribution in [0.1, 0.15) is 30.5 Å². The second-order valence-electron chi connectivity index (χ2n) is 4.60. The standard InChI is InChI=1S/C15H19BrN2OS/c1-5-17-9(2)14-10(3)18-15(20-14)11-6-7-13(19-4)12(16)8-11/h6-9,17H,5H2,1-4H3. The van der Waals surface area contributed by atoms with Crippen molar-refractivity contribution in [2.45, 2.75) is 26.8 Å². The molecule has 0 bridgehead atoms. The second kappa shape index (κ2) is 6.70. The molecule has 0 amide bonds. The molecular formula is C15H19BrN2OS. The number of halogens is 1. The summed E-state index contributed by atoms with van der Waals surface area (Å²) < 4.78 is 6.21. The Bertz CT molecular complexity index is 598. The third-order valence-electron chi connectivity index (χ3n) is 3.13. The van der Waals surface area contributed by atoms with E-state index in [9.17, 15) is 0 Å². The van der Waals surface area contributed by atoms with Crippen LogP contribution in [0.3, 0.4) is 0 Å². The summed E-state index contributed by atoms with van der Waals surface area (Å²) in [6.45, 7) is 7.33. The summed E-state index contributed by atoms with van der Waals surface area (Å²) in [7, 11) is 1.67. The van der Waals surface area contributed by atoms with Crippen molar-refractivity contribution in [1.29, 1.82) is 0 Å². The van der Waals surface area contributed by atoms with Crippen molar-refractivity contribution in [1.82, 2.24) is 10.3 Å².